The van der Waals surface area contributed by atoms with Crippen molar-refractivity contribution in [3.05, 3.63) is 29.8 Å². The Morgan fingerprint density at radius 2 is 1.70 bits per heavy atom. The number of hydrogen-bond acceptors (Lipinski definition) is 6. The largest absolute Gasteiger partial charge is 0.462 e. The van der Waals surface area contributed by atoms with Crippen molar-refractivity contribution in [3.63, 3.8) is 0 Å². The van der Waals surface area contributed by atoms with Gasteiger partial charge in [-0.15, -0.1) is 0 Å². The number of amides is 1. The number of fused-ring (bicyclic) bond motifs is 2. The van der Waals surface area contributed by atoms with Gasteiger partial charge in [-0.3, -0.25) is 14.4 Å². The SMILES string of the molecule is CCOC(=O)c1ccc(NC(=O)C23CCC(C)(C(=O)OC2=O)C3(C)C)cc1. The number of rotatable bonds is 4. The monoisotopic (exact) mass is 373 g/mol. The first kappa shape index (κ1) is 19.1. The van der Waals surface area contributed by atoms with E-state index in [1.54, 1.807) is 39.8 Å². The van der Waals surface area contributed by atoms with E-state index in [1.165, 1.54) is 12.1 Å². The van der Waals surface area contributed by atoms with Crippen LogP contribution in [0.3, 0.4) is 0 Å². The molecule has 7 nitrogen and oxygen atoms in total. The molecule has 1 N–H and O–H groups in total. The summed E-state index contributed by atoms with van der Waals surface area (Å²) in [6, 6.07) is 6.22. The molecule has 1 aromatic rings. The molecule has 2 aliphatic rings. The van der Waals surface area contributed by atoms with Crippen LogP contribution in [0.1, 0.15) is 50.9 Å². The van der Waals surface area contributed by atoms with Crippen LogP contribution >= 0.6 is 0 Å². The van der Waals surface area contributed by atoms with Gasteiger partial charge in [-0.1, -0.05) is 13.8 Å². The number of cyclic esters (lactones) is 2. The van der Waals surface area contributed by atoms with Crippen LogP contribution in [0.2, 0.25) is 0 Å². The Kier molecular flexibility index (Phi) is 4.37. The van der Waals surface area contributed by atoms with E-state index in [0.717, 1.165) is 0 Å². The summed E-state index contributed by atoms with van der Waals surface area (Å²) in [6.07, 6.45) is 0.646. The predicted octanol–water partition coefficient (Wildman–Crippen LogP) is 2.70. The van der Waals surface area contributed by atoms with Gasteiger partial charge >= 0.3 is 17.9 Å². The zero-order chi connectivity index (χ0) is 20.0. The average molecular weight is 373 g/mol. The Bertz CT molecular complexity index is 827. The number of esters is 3. The van der Waals surface area contributed by atoms with Gasteiger partial charge in [0.15, 0.2) is 5.41 Å². The van der Waals surface area contributed by atoms with E-state index in [9.17, 15) is 19.2 Å². The molecule has 3 rings (SSSR count). The molecule has 1 heterocycles. The standard InChI is InChI=1S/C20H23NO6/c1-5-26-14(22)12-6-8-13(9-7-12)21-15(23)20-11-10-19(4,18(20,2)3)16(24)27-17(20)25/h6-9H,5,10-11H2,1-4H3,(H,21,23). The zero-order valence-electron chi connectivity index (χ0n) is 15.9. The van der Waals surface area contributed by atoms with Gasteiger partial charge in [-0.25, -0.2) is 4.79 Å². The molecule has 1 saturated heterocycles. The number of benzene rings is 1. The van der Waals surface area contributed by atoms with Crippen molar-refractivity contribution < 1.29 is 28.7 Å². The molecule has 144 valence electrons. The molecule has 0 spiro atoms. The van der Waals surface area contributed by atoms with E-state index in [1.807, 2.05) is 0 Å². The number of ether oxygens (including phenoxy) is 2. The normalized spacial score (nSPS) is 28.4. The minimum absolute atomic E-state index is 0.244. The van der Waals surface area contributed by atoms with Crippen molar-refractivity contribution in [2.24, 2.45) is 16.2 Å². The summed E-state index contributed by atoms with van der Waals surface area (Å²) in [7, 11) is 0. The molecule has 1 saturated carbocycles. The lowest BCUT2D eigenvalue weighted by molar-refractivity contribution is -0.195. The third kappa shape index (κ3) is 2.48. The molecular formula is C20H23NO6. The first-order valence-corrected chi connectivity index (χ1v) is 8.95. The highest BCUT2D eigenvalue weighted by atomic mass is 16.6. The van der Waals surface area contributed by atoms with E-state index < -0.39 is 40.1 Å². The topological polar surface area (TPSA) is 98.8 Å². The minimum atomic E-state index is -1.44. The van der Waals surface area contributed by atoms with Crippen LogP contribution in [-0.2, 0) is 23.9 Å². The van der Waals surface area contributed by atoms with Crippen molar-refractivity contribution in [2.75, 3.05) is 11.9 Å². The summed E-state index contributed by atoms with van der Waals surface area (Å²) < 4.78 is 9.88. The number of nitrogens with one attached hydrogen (secondary N) is 1. The Hall–Kier alpha value is -2.70. The van der Waals surface area contributed by atoms with Crippen LogP contribution in [0.4, 0.5) is 5.69 Å². The molecule has 7 heteroatoms. The number of carbonyl (C=O) groups is 4. The Morgan fingerprint density at radius 3 is 2.30 bits per heavy atom. The molecule has 2 atom stereocenters. The molecule has 1 aliphatic heterocycles. The lowest BCUT2D eigenvalue weighted by atomic mass is 9.57. The predicted molar refractivity (Wildman–Crippen MR) is 95.7 cm³/mol. The van der Waals surface area contributed by atoms with E-state index in [2.05, 4.69) is 5.32 Å². The summed E-state index contributed by atoms with van der Waals surface area (Å²) >= 11 is 0. The van der Waals surface area contributed by atoms with Gasteiger partial charge in [0, 0.05) is 11.1 Å². The maximum Gasteiger partial charge on any atom is 0.338 e. The van der Waals surface area contributed by atoms with Crippen molar-refractivity contribution in [3.8, 4) is 0 Å². The lowest BCUT2D eigenvalue weighted by Gasteiger charge is -2.48. The Labute approximate surface area is 157 Å². The highest BCUT2D eigenvalue weighted by Gasteiger charge is 2.75. The molecule has 1 aromatic carbocycles. The molecule has 2 fully saturated rings. The van der Waals surface area contributed by atoms with Gasteiger partial charge in [0.05, 0.1) is 17.6 Å². The fraction of sp³-hybridized carbons (Fsp3) is 0.500. The van der Waals surface area contributed by atoms with Gasteiger partial charge in [0.2, 0.25) is 5.91 Å². The second-order valence-electron chi connectivity index (χ2n) is 7.79. The maximum atomic E-state index is 13.1. The summed E-state index contributed by atoms with van der Waals surface area (Å²) in [4.78, 5) is 49.7. The summed E-state index contributed by atoms with van der Waals surface area (Å²) in [5, 5.41) is 2.74. The summed E-state index contributed by atoms with van der Waals surface area (Å²) in [5.74, 6) is -2.32. The number of carbonyl (C=O) groups excluding carboxylic acids is 4. The van der Waals surface area contributed by atoms with Crippen LogP contribution in [-0.4, -0.2) is 30.4 Å². The first-order chi connectivity index (χ1) is 12.6. The molecule has 1 aliphatic carbocycles. The van der Waals surface area contributed by atoms with Crippen LogP contribution in [0.15, 0.2) is 24.3 Å². The molecule has 0 aromatic heterocycles. The van der Waals surface area contributed by atoms with Crippen LogP contribution in [0, 0.1) is 16.2 Å². The van der Waals surface area contributed by atoms with E-state index in [-0.39, 0.29) is 13.0 Å². The average Bonchev–Trinajstić information content (AvgIpc) is 2.76. The number of anilines is 1. The minimum Gasteiger partial charge on any atom is -0.462 e. The molecule has 1 amide bonds. The van der Waals surface area contributed by atoms with Gasteiger partial charge in [-0.2, -0.15) is 0 Å². The van der Waals surface area contributed by atoms with Gasteiger partial charge in [-0.05, 0) is 51.0 Å². The second-order valence-corrected chi connectivity index (χ2v) is 7.79. The molecule has 27 heavy (non-hydrogen) atoms. The van der Waals surface area contributed by atoms with Crippen molar-refractivity contribution >= 4 is 29.5 Å². The second kappa shape index (κ2) is 6.18. The molecular weight excluding hydrogens is 350 g/mol. The highest BCUT2D eigenvalue weighted by Crippen LogP contribution is 2.66. The Balaban J connectivity index is 1.87. The van der Waals surface area contributed by atoms with Gasteiger partial charge in [0.25, 0.3) is 0 Å². The van der Waals surface area contributed by atoms with Crippen LogP contribution in [0.25, 0.3) is 0 Å². The number of hydrogen-bond donors (Lipinski definition) is 1. The molecule has 0 radical (unpaired) electrons. The molecule has 2 bridgehead atoms. The smallest absolute Gasteiger partial charge is 0.338 e. The first-order valence-electron chi connectivity index (χ1n) is 8.95. The van der Waals surface area contributed by atoms with E-state index in [0.29, 0.717) is 17.7 Å². The zero-order valence-corrected chi connectivity index (χ0v) is 15.9. The summed E-state index contributed by atoms with van der Waals surface area (Å²) in [6.45, 7) is 7.26. The van der Waals surface area contributed by atoms with E-state index >= 15 is 0 Å². The van der Waals surface area contributed by atoms with Crippen LogP contribution < -0.4 is 5.32 Å². The van der Waals surface area contributed by atoms with Crippen molar-refractivity contribution in [1.82, 2.24) is 0 Å². The van der Waals surface area contributed by atoms with Gasteiger partial charge < -0.3 is 14.8 Å². The maximum absolute atomic E-state index is 13.1. The third-order valence-corrected chi connectivity index (χ3v) is 6.47. The lowest BCUT2D eigenvalue weighted by Crippen LogP contribution is -2.60. The van der Waals surface area contributed by atoms with Crippen LogP contribution in [0.5, 0.6) is 0 Å². The Morgan fingerprint density at radius 1 is 1.07 bits per heavy atom. The third-order valence-electron chi connectivity index (χ3n) is 6.47. The fourth-order valence-corrected chi connectivity index (χ4v) is 4.16. The fourth-order valence-electron chi connectivity index (χ4n) is 4.16. The highest BCUT2D eigenvalue weighted by molar-refractivity contribution is 6.15. The summed E-state index contributed by atoms with van der Waals surface area (Å²) in [5.41, 5.74) is -2.41. The van der Waals surface area contributed by atoms with Gasteiger partial charge in [0.1, 0.15) is 0 Å². The quantitative estimate of drug-likeness (QED) is 0.644. The molecule has 2 unspecified atom stereocenters. The van der Waals surface area contributed by atoms with E-state index in [4.69, 9.17) is 9.47 Å². The van der Waals surface area contributed by atoms with Crippen molar-refractivity contribution in [1.29, 1.82) is 0 Å². The van der Waals surface area contributed by atoms with Crippen molar-refractivity contribution in [2.45, 2.75) is 40.5 Å².